The molecule has 2 saturated heterocycles. The highest BCUT2D eigenvalue weighted by Gasteiger charge is 2.33. The van der Waals surface area contributed by atoms with E-state index in [4.69, 9.17) is 4.74 Å². The van der Waals surface area contributed by atoms with Gasteiger partial charge in [-0.25, -0.2) is 0 Å². The van der Waals surface area contributed by atoms with E-state index in [1.807, 2.05) is 12.1 Å². The number of fused-ring (bicyclic) bond motifs is 2. The molecule has 0 spiro atoms. The van der Waals surface area contributed by atoms with E-state index in [1.54, 1.807) is 12.1 Å². The van der Waals surface area contributed by atoms with Crippen LogP contribution in [-0.4, -0.2) is 36.4 Å². The van der Waals surface area contributed by atoms with Gasteiger partial charge in [-0.2, -0.15) is 0 Å². The van der Waals surface area contributed by atoms with Crippen molar-refractivity contribution in [2.45, 2.75) is 63.6 Å². The lowest BCUT2D eigenvalue weighted by Crippen LogP contribution is -2.48. The number of ether oxygens (including phenoxy) is 1. The molecule has 2 atom stereocenters. The van der Waals surface area contributed by atoms with Crippen molar-refractivity contribution in [3.05, 3.63) is 29.8 Å². The summed E-state index contributed by atoms with van der Waals surface area (Å²) in [5, 5.41) is 6.74. The number of amides is 1. The number of carbonyl (C=O) groups is 2. The fraction of sp³-hybridized carbons (Fsp3) is 0.579. The molecular formula is C19H27ClN2O3. The molecule has 0 aliphatic carbocycles. The van der Waals surface area contributed by atoms with Crippen molar-refractivity contribution < 1.29 is 14.3 Å². The Morgan fingerprint density at radius 1 is 1.24 bits per heavy atom. The number of carbonyl (C=O) groups excluding carboxylic acids is 2. The van der Waals surface area contributed by atoms with Gasteiger partial charge in [-0.1, -0.05) is 12.1 Å². The lowest BCUT2D eigenvalue weighted by molar-refractivity contribution is -0.122. The monoisotopic (exact) mass is 366 g/mol. The predicted octanol–water partition coefficient (Wildman–Crippen LogP) is 2.87. The normalized spacial score (nSPS) is 24.3. The fourth-order valence-corrected chi connectivity index (χ4v) is 3.70. The van der Waals surface area contributed by atoms with Crippen LogP contribution < -0.4 is 15.4 Å². The third kappa shape index (κ3) is 5.72. The predicted molar refractivity (Wildman–Crippen MR) is 99.5 cm³/mol. The highest BCUT2D eigenvalue weighted by Crippen LogP contribution is 2.26. The first-order valence-electron chi connectivity index (χ1n) is 8.89. The zero-order chi connectivity index (χ0) is 16.9. The van der Waals surface area contributed by atoms with E-state index in [0.29, 0.717) is 48.9 Å². The molecule has 2 aliphatic rings. The van der Waals surface area contributed by atoms with Crippen molar-refractivity contribution in [3.63, 3.8) is 0 Å². The number of hydrogen-bond acceptors (Lipinski definition) is 4. The number of halogens is 1. The number of hydrogen-bond donors (Lipinski definition) is 2. The van der Waals surface area contributed by atoms with Crippen molar-refractivity contribution in [2.75, 3.05) is 6.61 Å². The van der Waals surface area contributed by atoms with Gasteiger partial charge < -0.3 is 15.4 Å². The van der Waals surface area contributed by atoms with E-state index in [9.17, 15) is 9.59 Å². The molecule has 1 aromatic carbocycles. The summed E-state index contributed by atoms with van der Waals surface area (Å²) >= 11 is 0. The van der Waals surface area contributed by atoms with E-state index in [0.717, 1.165) is 12.8 Å². The Labute approximate surface area is 155 Å². The molecule has 0 aromatic heterocycles. The van der Waals surface area contributed by atoms with Crippen molar-refractivity contribution in [3.8, 4) is 5.75 Å². The van der Waals surface area contributed by atoms with Crippen molar-refractivity contribution in [1.29, 1.82) is 0 Å². The summed E-state index contributed by atoms with van der Waals surface area (Å²) in [5.41, 5.74) is 0.644. The standard InChI is InChI=1S/C19H26N2O3.ClH/c1-13(22)14-4-2-5-18(10-14)24-9-3-6-19(23)21-17-11-15-7-8-16(12-17)20-15;/h2,4-5,10,15-17,20H,3,6-9,11-12H2,1H3,(H,21,23);1H. The van der Waals surface area contributed by atoms with Gasteiger partial charge in [0.15, 0.2) is 5.78 Å². The SMILES string of the molecule is CC(=O)c1cccc(OCCCC(=O)NC2CC3CCC(C2)N3)c1.Cl. The maximum Gasteiger partial charge on any atom is 0.220 e. The van der Waals surface area contributed by atoms with Gasteiger partial charge >= 0.3 is 0 Å². The van der Waals surface area contributed by atoms with Crippen LogP contribution in [-0.2, 0) is 4.79 Å². The number of benzene rings is 1. The van der Waals surface area contributed by atoms with E-state index >= 15 is 0 Å². The van der Waals surface area contributed by atoms with Gasteiger partial charge in [0.25, 0.3) is 0 Å². The molecular weight excluding hydrogens is 340 g/mol. The van der Waals surface area contributed by atoms with Crippen LogP contribution in [0.2, 0.25) is 0 Å². The first-order chi connectivity index (χ1) is 11.6. The van der Waals surface area contributed by atoms with Gasteiger partial charge in [0.1, 0.15) is 5.75 Å². The van der Waals surface area contributed by atoms with Crippen LogP contribution in [0.3, 0.4) is 0 Å². The van der Waals surface area contributed by atoms with Gasteiger partial charge in [-0.15, -0.1) is 12.4 Å². The first-order valence-corrected chi connectivity index (χ1v) is 8.89. The maximum absolute atomic E-state index is 12.1. The number of piperidine rings is 1. The van der Waals surface area contributed by atoms with Crippen LogP contribution in [0.4, 0.5) is 0 Å². The second kappa shape index (κ2) is 9.20. The number of rotatable bonds is 7. The van der Waals surface area contributed by atoms with Gasteiger partial charge in [0.05, 0.1) is 6.61 Å². The van der Waals surface area contributed by atoms with E-state index in [-0.39, 0.29) is 24.1 Å². The highest BCUT2D eigenvalue weighted by atomic mass is 35.5. The summed E-state index contributed by atoms with van der Waals surface area (Å²) in [5.74, 6) is 0.816. The van der Waals surface area contributed by atoms with Crippen LogP contribution in [0.15, 0.2) is 24.3 Å². The molecule has 0 radical (unpaired) electrons. The Morgan fingerprint density at radius 2 is 1.96 bits per heavy atom. The molecule has 2 fully saturated rings. The van der Waals surface area contributed by atoms with Crippen molar-refractivity contribution >= 4 is 24.1 Å². The Morgan fingerprint density at radius 3 is 2.64 bits per heavy atom. The van der Waals surface area contributed by atoms with Gasteiger partial charge in [0, 0.05) is 30.1 Å². The Bertz CT molecular complexity index is 596. The summed E-state index contributed by atoms with van der Waals surface area (Å²) in [4.78, 5) is 23.4. The summed E-state index contributed by atoms with van der Waals surface area (Å²) in [6.45, 7) is 2.02. The van der Waals surface area contributed by atoms with Crippen LogP contribution in [0.25, 0.3) is 0 Å². The second-order valence-corrected chi connectivity index (χ2v) is 6.91. The minimum absolute atomic E-state index is 0. The summed E-state index contributed by atoms with van der Waals surface area (Å²) in [6.07, 6.45) is 5.74. The van der Waals surface area contributed by atoms with Gasteiger partial charge in [-0.05, 0) is 51.2 Å². The molecule has 2 bridgehead atoms. The Balaban J connectivity index is 0.00000225. The number of nitrogens with one attached hydrogen (secondary N) is 2. The van der Waals surface area contributed by atoms with E-state index < -0.39 is 0 Å². The van der Waals surface area contributed by atoms with E-state index in [2.05, 4.69) is 10.6 Å². The number of Topliss-reactive ketones (excluding diaryl/α,β-unsaturated/α-hetero) is 1. The van der Waals surface area contributed by atoms with Gasteiger partial charge in [0.2, 0.25) is 5.91 Å². The molecule has 0 saturated carbocycles. The molecule has 6 heteroatoms. The molecule has 2 aliphatic heterocycles. The zero-order valence-corrected chi connectivity index (χ0v) is 15.4. The lowest BCUT2D eigenvalue weighted by atomic mass is 9.99. The molecule has 5 nitrogen and oxygen atoms in total. The van der Waals surface area contributed by atoms with Crippen LogP contribution in [0.5, 0.6) is 5.75 Å². The highest BCUT2D eigenvalue weighted by molar-refractivity contribution is 5.94. The largest absolute Gasteiger partial charge is 0.494 e. The quantitative estimate of drug-likeness (QED) is 0.575. The minimum atomic E-state index is 0. The van der Waals surface area contributed by atoms with Crippen LogP contribution in [0, 0.1) is 0 Å². The molecule has 138 valence electrons. The third-order valence-corrected chi connectivity index (χ3v) is 4.90. The Kier molecular flexibility index (Phi) is 7.26. The molecule has 1 amide bonds. The Hall–Kier alpha value is -1.59. The molecule has 25 heavy (non-hydrogen) atoms. The zero-order valence-electron chi connectivity index (χ0n) is 14.6. The van der Waals surface area contributed by atoms with Crippen molar-refractivity contribution in [2.24, 2.45) is 0 Å². The second-order valence-electron chi connectivity index (χ2n) is 6.91. The number of ketones is 1. The molecule has 3 rings (SSSR count). The summed E-state index contributed by atoms with van der Waals surface area (Å²) in [7, 11) is 0. The van der Waals surface area contributed by atoms with Crippen LogP contribution >= 0.6 is 12.4 Å². The topological polar surface area (TPSA) is 67.4 Å². The van der Waals surface area contributed by atoms with E-state index in [1.165, 1.54) is 19.8 Å². The maximum atomic E-state index is 12.1. The molecule has 2 heterocycles. The average Bonchev–Trinajstić information content (AvgIpc) is 2.90. The minimum Gasteiger partial charge on any atom is -0.494 e. The average molecular weight is 367 g/mol. The summed E-state index contributed by atoms with van der Waals surface area (Å²) in [6, 6.07) is 8.66. The lowest BCUT2D eigenvalue weighted by Gasteiger charge is -2.29. The van der Waals surface area contributed by atoms with Crippen molar-refractivity contribution in [1.82, 2.24) is 10.6 Å². The molecule has 2 N–H and O–H groups in total. The van der Waals surface area contributed by atoms with Gasteiger partial charge in [-0.3, -0.25) is 9.59 Å². The third-order valence-electron chi connectivity index (χ3n) is 4.90. The molecule has 2 unspecified atom stereocenters. The molecule has 1 aromatic rings. The van der Waals surface area contributed by atoms with Crippen LogP contribution in [0.1, 0.15) is 55.8 Å². The fourth-order valence-electron chi connectivity index (χ4n) is 3.70. The smallest absolute Gasteiger partial charge is 0.220 e. The summed E-state index contributed by atoms with van der Waals surface area (Å²) < 4.78 is 5.64. The first kappa shape index (κ1) is 19.7.